The quantitative estimate of drug-likeness (QED) is 0.419. The molecule has 0 unspecified atom stereocenters. The van der Waals surface area contributed by atoms with E-state index < -0.39 is 0 Å². The van der Waals surface area contributed by atoms with E-state index in [0.29, 0.717) is 0 Å². The molecule has 0 spiro atoms. The number of thiophene rings is 2. The summed E-state index contributed by atoms with van der Waals surface area (Å²) < 4.78 is 13.2. The van der Waals surface area contributed by atoms with Crippen LogP contribution in [-0.4, -0.2) is 63.7 Å². The Morgan fingerprint density at radius 2 is 2.09 bits per heavy atom. The summed E-state index contributed by atoms with van der Waals surface area (Å²) in [5.74, 6) is 1.67. The van der Waals surface area contributed by atoms with Crippen LogP contribution in [0.1, 0.15) is 18.7 Å². The van der Waals surface area contributed by atoms with Gasteiger partial charge in [-0.25, -0.2) is 9.97 Å². The van der Waals surface area contributed by atoms with Crippen molar-refractivity contribution in [2.75, 3.05) is 38.2 Å². The molecule has 2 saturated heterocycles. The minimum atomic E-state index is 0.255. The molecule has 4 aromatic rings. The summed E-state index contributed by atoms with van der Waals surface area (Å²) in [4.78, 5) is 14.5. The Morgan fingerprint density at radius 3 is 2.91 bits per heavy atom. The van der Waals surface area contributed by atoms with Gasteiger partial charge in [0.15, 0.2) is 0 Å². The van der Waals surface area contributed by atoms with Crippen LogP contribution in [-0.2, 0) is 22.6 Å². The normalized spacial score (nSPS) is 19.5. The fraction of sp³-hybridized carbons (Fsp3) is 0.435. The molecule has 0 saturated carbocycles. The van der Waals surface area contributed by atoms with Crippen LogP contribution in [0.15, 0.2) is 35.3 Å². The lowest BCUT2D eigenvalue weighted by molar-refractivity contribution is 0.0331. The largest absolute Gasteiger partial charge is 0.379 e. The van der Waals surface area contributed by atoms with E-state index in [1.165, 1.54) is 10.4 Å². The second-order valence-corrected chi connectivity index (χ2v) is 10.2. The molecule has 172 valence electrons. The Labute approximate surface area is 200 Å². The van der Waals surface area contributed by atoms with Crippen molar-refractivity contribution >= 4 is 44.4 Å². The van der Waals surface area contributed by atoms with Gasteiger partial charge in [-0.2, -0.15) is 5.10 Å². The van der Waals surface area contributed by atoms with Gasteiger partial charge in [0, 0.05) is 41.7 Å². The van der Waals surface area contributed by atoms with E-state index in [4.69, 9.17) is 19.4 Å². The van der Waals surface area contributed by atoms with E-state index in [0.717, 1.165) is 86.4 Å². The van der Waals surface area contributed by atoms with Gasteiger partial charge in [0.25, 0.3) is 0 Å². The van der Waals surface area contributed by atoms with E-state index in [9.17, 15) is 0 Å². The maximum atomic E-state index is 5.76. The highest BCUT2D eigenvalue weighted by Crippen LogP contribution is 2.39. The number of anilines is 2. The van der Waals surface area contributed by atoms with E-state index in [1.807, 2.05) is 17.1 Å². The van der Waals surface area contributed by atoms with Crippen LogP contribution in [0.2, 0.25) is 0 Å². The number of fused-ring (bicyclic) bond motifs is 1. The molecule has 1 N–H and O–H groups in total. The average Bonchev–Trinajstić information content (AvgIpc) is 3.63. The first-order chi connectivity index (χ1) is 16.3. The van der Waals surface area contributed by atoms with E-state index in [2.05, 4.69) is 38.2 Å². The lowest BCUT2D eigenvalue weighted by Gasteiger charge is -2.25. The summed E-state index contributed by atoms with van der Waals surface area (Å²) in [7, 11) is 0. The summed E-state index contributed by atoms with van der Waals surface area (Å²) in [6.07, 6.45) is 6.38. The first kappa shape index (κ1) is 21.2. The van der Waals surface area contributed by atoms with E-state index in [-0.39, 0.29) is 6.10 Å². The molecule has 6 heterocycles. The molecule has 2 aliphatic rings. The fourth-order valence-electron chi connectivity index (χ4n) is 4.38. The lowest BCUT2D eigenvalue weighted by atomic mass is 10.2. The van der Waals surface area contributed by atoms with E-state index >= 15 is 0 Å². The minimum Gasteiger partial charge on any atom is -0.379 e. The zero-order valence-corrected chi connectivity index (χ0v) is 19.9. The minimum absolute atomic E-state index is 0.255. The third-order valence-electron chi connectivity index (χ3n) is 6.05. The van der Waals surface area contributed by atoms with Crippen LogP contribution < -0.4 is 5.32 Å². The van der Waals surface area contributed by atoms with Gasteiger partial charge in [0.05, 0.1) is 49.7 Å². The number of ether oxygens (including phenoxy) is 2. The van der Waals surface area contributed by atoms with Gasteiger partial charge in [-0.3, -0.25) is 9.58 Å². The topological polar surface area (TPSA) is 77.3 Å². The van der Waals surface area contributed by atoms with Crippen LogP contribution in [0.3, 0.4) is 0 Å². The van der Waals surface area contributed by atoms with Crippen LogP contribution in [0.25, 0.3) is 20.7 Å². The smallest absolute Gasteiger partial charge is 0.146 e. The molecule has 8 nitrogen and oxygen atoms in total. The van der Waals surface area contributed by atoms with Crippen molar-refractivity contribution < 1.29 is 9.47 Å². The maximum absolute atomic E-state index is 5.76. The molecule has 33 heavy (non-hydrogen) atoms. The summed E-state index contributed by atoms with van der Waals surface area (Å²) in [6, 6.07) is 4.23. The molecule has 6 rings (SSSR count). The van der Waals surface area contributed by atoms with Crippen LogP contribution in [0.5, 0.6) is 0 Å². The molecule has 0 aromatic carbocycles. The summed E-state index contributed by atoms with van der Waals surface area (Å²) in [5.41, 5.74) is 2.10. The first-order valence-electron chi connectivity index (χ1n) is 11.3. The van der Waals surface area contributed by atoms with Crippen molar-refractivity contribution in [3.05, 3.63) is 41.1 Å². The van der Waals surface area contributed by atoms with Crippen LogP contribution in [0.4, 0.5) is 11.5 Å². The maximum Gasteiger partial charge on any atom is 0.146 e. The highest BCUT2D eigenvalue weighted by molar-refractivity contribution is 7.18. The average molecular weight is 483 g/mol. The third-order valence-corrected chi connectivity index (χ3v) is 7.82. The molecule has 0 radical (unpaired) electrons. The third kappa shape index (κ3) is 4.67. The molecule has 0 aliphatic carbocycles. The van der Waals surface area contributed by atoms with E-state index in [1.54, 1.807) is 22.7 Å². The molecule has 0 bridgehead atoms. The Balaban J connectivity index is 1.32. The van der Waals surface area contributed by atoms with Crippen molar-refractivity contribution in [2.45, 2.75) is 32.0 Å². The Kier molecular flexibility index (Phi) is 6.08. The predicted molar refractivity (Wildman–Crippen MR) is 131 cm³/mol. The molecule has 4 aromatic heterocycles. The second kappa shape index (κ2) is 9.47. The van der Waals surface area contributed by atoms with Crippen LogP contribution >= 0.6 is 22.7 Å². The van der Waals surface area contributed by atoms with Crippen molar-refractivity contribution in [2.24, 2.45) is 0 Å². The predicted octanol–water partition coefficient (Wildman–Crippen LogP) is 4.37. The number of rotatable bonds is 7. The number of nitrogens with zero attached hydrogens (tertiary/aromatic N) is 5. The van der Waals surface area contributed by atoms with Crippen molar-refractivity contribution in [1.82, 2.24) is 24.6 Å². The zero-order valence-electron chi connectivity index (χ0n) is 18.3. The van der Waals surface area contributed by atoms with Gasteiger partial charge >= 0.3 is 0 Å². The van der Waals surface area contributed by atoms with Crippen molar-refractivity contribution in [1.29, 1.82) is 0 Å². The molecule has 1 atom stereocenters. The van der Waals surface area contributed by atoms with Gasteiger partial charge in [-0.15, -0.1) is 22.7 Å². The number of morpholine rings is 1. The highest BCUT2D eigenvalue weighted by atomic mass is 32.1. The number of hydrogen-bond acceptors (Lipinski definition) is 9. The number of aromatic nitrogens is 4. The number of nitrogens with one attached hydrogen (secondary N) is 1. The lowest BCUT2D eigenvalue weighted by Crippen LogP contribution is -2.36. The fourth-order valence-corrected chi connectivity index (χ4v) is 6.16. The van der Waals surface area contributed by atoms with Gasteiger partial charge in [0.2, 0.25) is 0 Å². The Hall–Kier alpha value is -2.37. The first-order valence-corrected chi connectivity index (χ1v) is 13.1. The zero-order chi connectivity index (χ0) is 22.0. The summed E-state index contributed by atoms with van der Waals surface area (Å²) in [6.45, 7) is 5.69. The SMILES string of the molecule is c1csc(-c2csc3nc(CN4CCOCC4)nc(Nc4cnn(C[C@H]5CCCO5)c4)c23)c1. The highest BCUT2D eigenvalue weighted by Gasteiger charge is 2.20. The van der Waals surface area contributed by atoms with Gasteiger partial charge in [-0.05, 0) is 24.3 Å². The summed E-state index contributed by atoms with van der Waals surface area (Å²) >= 11 is 3.41. The molecule has 2 aliphatic heterocycles. The Morgan fingerprint density at radius 1 is 1.15 bits per heavy atom. The van der Waals surface area contributed by atoms with Crippen LogP contribution in [0, 0.1) is 0 Å². The molecular weight excluding hydrogens is 456 g/mol. The molecule has 2 fully saturated rings. The van der Waals surface area contributed by atoms with Gasteiger partial charge < -0.3 is 14.8 Å². The second-order valence-electron chi connectivity index (χ2n) is 8.39. The monoisotopic (exact) mass is 482 g/mol. The molecular formula is C23H26N6O2S2. The number of hydrogen-bond donors (Lipinski definition) is 1. The van der Waals surface area contributed by atoms with Crippen molar-refractivity contribution in [3.63, 3.8) is 0 Å². The summed E-state index contributed by atoms with van der Waals surface area (Å²) in [5, 5.41) is 13.5. The Bertz CT molecular complexity index is 1210. The van der Waals surface area contributed by atoms with Gasteiger partial charge in [0.1, 0.15) is 16.5 Å². The standard InChI is InChI=1S/C23H26N6O2S2/c1-3-17(31-7-1)13-29-12-16(11-24-29)25-22-21-18(19-4-2-10-32-19)15-33-23(21)27-20(26-22)14-28-5-8-30-9-6-28/h2,4,10-12,15,17H,1,3,5-9,13-14H2,(H,25,26,27)/t17-/m1/s1. The van der Waals surface area contributed by atoms with Gasteiger partial charge in [-0.1, -0.05) is 6.07 Å². The van der Waals surface area contributed by atoms with Crippen molar-refractivity contribution in [3.8, 4) is 10.4 Å². The molecule has 10 heteroatoms. The molecule has 0 amide bonds.